The average Bonchev–Trinajstić information content (AvgIpc) is 2.62. The summed E-state index contributed by atoms with van der Waals surface area (Å²) in [6, 6.07) is 8.55. The van der Waals surface area contributed by atoms with Crippen molar-refractivity contribution in [2.75, 3.05) is 52.9 Å². The van der Waals surface area contributed by atoms with Gasteiger partial charge in [-0.1, -0.05) is 23.7 Å². The van der Waals surface area contributed by atoms with Gasteiger partial charge in [0.1, 0.15) is 0 Å². The monoisotopic (exact) mass is 364 g/mol. The Bertz CT molecular complexity index is 574. The van der Waals surface area contributed by atoms with Crippen molar-refractivity contribution in [3.63, 3.8) is 0 Å². The van der Waals surface area contributed by atoms with Gasteiger partial charge in [0.2, 0.25) is 5.91 Å². The van der Waals surface area contributed by atoms with E-state index in [2.05, 4.69) is 21.2 Å². The predicted molar refractivity (Wildman–Crippen MR) is 102 cm³/mol. The molecule has 0 aliphatic carbocycles. The lowest BCUT2D eigenvalue weighted by molar-refractivity contribution is -0.134. The van der Waals surface area contributed by atoms with Crippen molar-refractivity contribution in [2.45, 2.75) is 25.4 Å². The molecule has 0 spiro atoms. The summed E-state index contributed by atoms with van der Waals surface area (Å²) in [5.41, 5.74) is 1.23. The summed E-state index contributed by atoms with van der Waals surface area (Å²) >= 11 is 6.06. The molecule has 0 saturated carbocycles. The first kappa shape index (κ1) is 18.6. The SMILES string of the molecule is CNC1CCCN(CC(=O)N2CCN(Cc3cccc(Cl)c3)CC2)C1. The van der Waals surface area contributed by atoms with Gasteiger partial charge in [0.05, 0.1) is 6.54 Å². The van der Waals surface area contributed by atoms with Gasteiger partial charge >= 0.3 is 0 Å². The second kappa shape index (κ2) is 8.99. The van der Waals surface area contributed by atoms with Crippen LogP contribution in [0.4, 0.5) is 0 Å². The summed E-state index contributed by atoms with van der Waals surface area (Å²) in [6.07, 6.45) is 2.38. The number of piperidine rings is 1. The Balaban J connectivity index is 1.43. The van der Waals surface area contributed by atoms with Gasteiger partial charge in [-0.05, 0) is 44.1 Å². The molecule has 1 N–H and O–H groups in total. The molecule has 2 fully saturated rings. The smallest absolute Gasteiger partial charge is 0.236 e. The summed E-state index contributed by atoms with van der Waals surface area (Å²) in [6.45, 7) is 6.99. The molecule has 138 valence electrons. The molecule has 6 heteroatoms. The Morgan fingerprint density at radius 3 is 2.72 bits per heavy atom. The number of likely N-dealkylation sites (tertiary alicyclic amines) is 1. The zero-order valence-corrected chi connectivity index (χ0v) is 15.8. The molecule has 0 radical (unpaired) electrons. The minimum Gasteiger partial charge on any atom is -0.339 e. The summed E-state index contributed by atoms with van der Waals surface area (Å²) in [5, 5.41) is 4.12. The first-order valence-corrected chi connectivity index (χ1v) is 9.66. The Labute approximate surface area is 155 Å². The number of amides is 1. The molecule has 5 nitrogen and oxygen atoms in total. The van der Waals surface area contributed by atoms with E-state index in [0.717, 1.165) is 50.8 Å². The van der Waals surface area contributed by atoms with Crippen LogP contribution in [0.25, 0.3) is 0 Å². The van der Waals surface area contributed by atoms with Crippen molar-refractivity contribution in [3.05, 3.63) is 34.9 Å². The Kier molecular flexibility index (Phi) is 6.70. The van der Waals surface area contributed by atoms with Crippen LogP contribution in [0.3, 0.4) is 0 Å². The number of carbonyl (C=O) groups is 1. The number of hydrogen-bond acceptors (Lipinski definition) is 4. The highest BCUT2D eigenvalue weighted by atomic mass is 35.5. The third kappa shape index (κ3) is 5.42. The van der Waals surface area contributed by atoms with Crippen LogP contribution in [0.15, 0.2) is 24.3 Å². The van der Waals surface area contributed by atoms with Crippen molar-refractivity contribution < 1.29 is 4.79 Å². The van der Waals surface area contributed by atoms with Gasteiger partial charge in [-0.15, -0.1) is 0 Å². The maximum absolute atomic E-state index is 12.6. The molecule has 25 heavy (non-hydrogen) atoms. The molecule has 1 amide bonds. The molecule has 2 heterocycles. The van der Waals surface area contributed by atoms with E-state index in [1.807, 2.05) is 30.1 Å². The molecule has 1 unspecified atom stereocenters. The van der Waals surface area contributed by atoms with Crippen molar-refractivity contribution in [2.24, 2.45) is 0 Å². The van der Waals surface area contributed by atoms with Crippen LogP contribution in [0.2, 0.25) is 5.02 Å². The van der Waals surface area contributed by atoms with Crippen LogP contribution in [0.5, 0.6) is 0 Å². The number of hydrogen-bond donors (Lipinski definition) is 1. The molecule has 2 aliphatic rings. The van der Waals surface area contributed by atoms with Crippen LogP contribution in [-0.4, -0.2) is 79.5 Å². The van der Waals surface area contributed by atoms with E-state index in [9.17, 15) is 4.79 Å². The highest BCUT2D eigenvalue weighted by molar-refractivity contribution is 6.30. The van der Waals surface area contributed by atoms with Crippen LogP contribution < -0.4 is 5.32 Å². The summed E-state index contributed by atoms with van der Waals surface area (Å²) < 4.78 is 0. The number of halogens is 1. The molecule has 0 aromatic heterocycles. The van der Waals surface area contributed by atoms with E-state index in [1.165, 1.54) is 18.4 Å². The number of piperazine rings is 1. The number of nitrogens with zero attached hydrogens (tertiary/aromatic N) is 3. The molecule has 0 bridgehead atoms. The van der Waals surface area contributed by atoms with Crippen molar-refractivity contribution in [1.82, 2.24) is 20.0 Å². The number of likely N-dealkylation sites (N-methyl/N-ethyl adjacent to an activating group) is 1. The number of rotatable bonds is 5. The molecular weight excluding hydrogens is 336 g/mol. The molecule has 2 aliphatic heterocycles. The van der Waals surface area contributed by atoms with Crippen LogP contribution >= 0.6 is 11.6 Å². The lowest BCUT2D eigenvalue weighted by atomic mass is 10.1. The Morgan fingerprint density at radius 2 is 2.00 bits per heavy atom. The van der Waals surface area contributed by atoms with Crippen LogP contribution in [-0.2, 0) is 11.3 Å². The fraction of sp³-hybridized carbons (Fsp3) is 0.632. The van der Waals surface area contributed by atoms with E-state index in [4.69, 9.17) is 11.6 Å². The minimum absolute atomic E-state index is 0.277. The van der Waals surface area contributed by atoms with Crippen molar-refractivity contribution >= 4 is 17.5 Å². The molecule has 1 atom stereocenters. The summed E-state index contributed by atoms with van der Waals surface area (Å²) in [4.78, 5) is 19.3. The predicted octanol–water partition coefficient (Wildman–Crippen LogP) is 1.67. The maximum atomic E-state index is 12.6. The second-order valence-corrected chi connectivity index (χ2v) is 7.59. The van der Waals surface area contributed by atoms with Gasteiger partial charge in [0, 0.05) is 50.3 Å². The largest absolute Gasteiger partial charge is 0.339 e. The number of carbonyl (C=O) groups excluding carboxylic acids is 1. The number of benzene rings is 1. The third-order valence-electron chi connectivity index (χ3n) is 5.29. The maximum Gasteiger partial charge on any atom is 0.236 e. The normalized spacial score (nSPS) is 23.0. The Hall–Kier alpha value is -1.14. The molecule has 3 rings (SSSR count). The summed E-state index contributed by atoms with van der Waals surface area (Å²) in [7, 11) is 2.01. The summed E-state index contributed by atoms with van der Waals surface area (Å²) in [5.74, 6) is 0.277. The van der Waals surface area contributed by atoms with Gasteiger partial charge in [-0.25, -0.2) is 0 Å². The molecule has 1 aromatic rings. The van der Waals surface area contributed by atoms with Crippen molar-refractivity contribution in [1.29, 1.82) is 0 Å². The lowest BCUT2D eigenvalue weighted by Crippen LogP contribution is -2.53. The van der Waals surface area contributed by atoms with E-state index in [-0.39, 0.29) is 5.91 Å². The first-order chi connectivity index (χ1) is 12.1. The van der Waals surface area contributed by atoms with Gasteiger partial charge in [-0.2, -0.15) is 0 Å². The van der Waals surface area contributed by atoms with E-state index < -0.39 is 0 Å². The highest BCUT2D eigenvalue weighted by Crippen LogP contribution is 2.15. The number of nitrogens with one attached hydrogen (secondary N) is 1. The fourth-order valence-corrected chi connectivity index (χ4v) is 3.99. The van der Waals surface area contributed by atoms with Gasteiger partial charge in [0.25, 0.3) is 0 Å². The standard InChI is InChI=1S/C19H29ClN4O/c1-21-18-6-3-7-23(14-18)15-19(25)24-10-8-22(9-11-24)13-16-4-2-5-17(20)12-16/h2,4-5,12,18,21H,3,6-11,13-15H2,1H3. The van der Waals surface area contributed by atoms with Gasteiger partial charge in [-0.3, -0.25) is 14.6 Å². The molecule has 2 saturated heterocycles. The molecule has 1 aromatic carbocycles. The topological polar surface area (TPSA) is 38.8 Å². The van der Waals surface area contributed by atoms with Gasteiger partial charge in [0.15, 0.2) is 0 Å². The fourth-order valence-electron chi connectivity index (χ4n) is 3.77. The van der Waals surface area contributed by atoms with Crippen molar-refractivity contribution in [3.8, 4) is 0 Å². The highest BCUT2D eigenvalue weighted by Gasteiger charge is 2.25. The average molecular weight is 365 g/mol. The Morgan fingerprint density at radius 1 is 1.20 bits per heavy atom. The third-order valence-corrected chi connectivity index (χ3v) is 5.53. The first-order valence-electron chi connectivity index (χ1n) is 9.28. The van der Waals surface area contributed by atoms with Crippen LogP contribution in [0.1, 0.15) is 18.4 Å². The van der Waals surface area contributed by atoms with E-state index in [0.29, 0.717) is 12.6 Å². The molecular formula is C19H29ClN4O. The lowest BCUT2D eigenvalue weighted by Gasteiger charge is -2.37. The second-order valence-electron chi connectivity index (χ2n) is 7.15. The minimum atomic E-state index is 0.277. The van der Waals surface area contributed by atoms with E-state index in [1.54, 1.807) is 0 Å². The quantitative estimate of drug-likeness (QED) is 0.862. The van der Waals surface area contributed by atoms with Gasteiger partial charge < -0.3 is 10.2 Å². The zero-order valence-electron chi connectivity index (χ0n) is 15.1. The zero-order chi connectivity index (χ0) is 17.6. The van der Waals surface area contributed by atoms with Crippen LogP contribution in [0, 0.1) is 0 Å². The van der Waals surface area contributed by atoms with E-state index >= 15 is 0 Å².